The normalized spacial score (nSPS) is 25.4. The van der Waals surface area contributed by atoms with Gasteiger partial charge >= 0.3 is 0 Å². The summed E-state index contributed by atoms with van der Waals surface area (Å²) in [7, 11) is -2.87. The van der Waals surface area contributed by atoms with Crippen molar-refractivity contribution in [3.8, 4) is 0 Å². The van der Waals surface area contributed by atoms with Gasteiger partial charge in [-0.2, -0.15) is 5.10 Å². The minimum atomic E-state index is -2.87. The number of nitrogens with one attached hydrogen (secondary N) is 1. The van der Waals surface area contributed by atoms with Gasteiger partial charge in [0.1, 0.15) is 0 Å². The van der Waals surface area contributed by atoms with Gasteiger partial charge in [0, 0.05) is 29.3 Å². The van der Waals surface area contributed by atoms with Crippen molar-refractivity contribution >= 4 is 9.84 Å². The van der Waals surface area contributed by atoms with Crippen molar-refractivity contribution in [3.63, 3.8) is 0 Å². The van der Waals surface area contributed by atoms with E-state index in [0.717, 1.165) is 6.54 Å². The lowest BCUT2D eigenvalue weighted by Gasteiger charge is -2.21. The van der Waals surface area contributed by atoms with Crippen molar-refractivity contribution in [2.75, 3.05) is 11.5 Å². The van der Waals surface area contributed by atoms with Gasteiger partial charge in [-0.3, -0.25) is 4.68 Å². The minimum Gasteiger partial charge on any atom is -0.308 e. The molecule has 1 N–H and O–H groups in total. The Bertz CT molecular complexity index is 624. The highest BCUT2D eigenvalue weighted by Gasteiger charge is 2.36. The standard InChI is InChI=1S/C15H25N3O2S/c1-15(2,3)16-8-12-9-17-18(14(12)11-4-5-11)13-6-7-21(19,20)10-13/h9,11,13,16H,4-8,10H2,1-3H3. The van der Waals surface area contributed by atoms with Crippen LogP contribution in [0.5, 0.6) is 0 Å². The molecule has 1 unspecified atom stereocenters. The molecule has 1 saturated carbocycles. The third-order valence-electron chi connectivity index (χ3n) is 4.24. The highest BCUT2D eigenvalue weighted by molar-refractivity contribution is 7.91. The fourth-order valence-corrected chi connectivity index (χ4v) is 4.66. The molecule has 0 radical (unpaired) electrons. The molecule has 6 heteroatoms. The second-order valence-electron chi connectivity index (χ2n) is 7.43. The van der Waals surface area contributed by atoms with E-state index < -0.39 is 9.84 Å². The lowest BCUT2D eigenvalue weighted by Crippen LogP contribution is -2.35. The fraction of sp³-hybridized carbons (Fsp3) is 0.800. The lowest BCUT2D eigenvalue weighted by molar-refractivity contribution is 0.422. The molecule has 1 aromatic heterocycles. The summed E-state index contributed by atoms with van der Waals surface area (Å²) in [6.45, 7) is 7.25. The first kappa shape index (κ1) is 15.0. The van der Waals surface area contributed by atoms with Crippen molar-refractivity contribution in [3.05, 3.63) is 17.5 Å². The molecular formula is C15H25N3O2S. The average molecular weight is 311 g/mol. The lowest BCUT2D eigenvalue weighted by atomic mass is 10.1. The Kier molecular flexibility index (Phi) is 3.64. The van der Waals surface area contributed by atoms with Gasteiger partial charge in [-0.15, -0.1) is 0 Å². The van der Waals surface area contributed by atoms with Crippen LogP contribution in [0.1, 0.15) is 63.3 Å². The molecule has 21 heavy (non-hydrogen) atoms. The van der Waals surface area contributed by atoms with Crippen LogP contribution in [0.15, 0.2) is 6.20 Å². The Balaban J connectivity index is 1.83. The fourth-order valence-electron chi connectivity index (χ4n) is 2.97. The molecule has 2 heterocycles. The zero-order chi connectivity index (χ0) is 15.3. The Hall–Kier alpha value is -0.880. The van der Waals surface area contributed by atoms with E-state index in [9.17, 15) is 8.42 Å². The molecule has 1 aliphatic carbocycles. The molecule has 1 atom stereocenters. The Labute approximate surface area is 127 Å². The number of hydrogen-bond donors (Lipinski definition) is 1. The SMILES string of the molecule is CC(C)(C)NCc1cnn(C2CCS(=O)(=O)C2)c1C1CC1. The number of aromatic nitrogens is 2. The summed E-state index contributed by atoms with van der Waals surface area (Å²) in [5, 5.41) is 8.05. The molecule has 0 aromatic carbocycles. The van der Waals surface area contributed by atoms with Crippen LogP contribution in [-0.2, 0) is 16.4 Å². The van der Waals surface area contributed by atoms with E-state index in [4.69, 9.17) is 0 Å². The summed E-state index contributed by atoms with van der Waals surface area (Å²) >= 11 is 0. The van der Waals surface area contributed by atoms with E-state index in [2.05, 4.69) is 31.2 Å². The molecule has 1 aliphatic heterocycles. The topological polar surface area (TPSA) is 64.0 Å². The first-order chi connectivity index (χ1) is 9.75. The molecule has 2 fully saturated rings. The molecule has 1 aromatic rings. The first-order valence-corrected chi connectivity index (χ1v) is 9.59. The van der Waals surface area contributed by atoms with E-state index in [1.165, 1.54) is 24.1 Å². The molecule has 118 valence electrons. The summed E-state index contributed by atoms with van der Waals surface area (Å²) in [6.07, 6.45) is 5.04. The third kappa shape index (κ3) is 3.48. The van der Waals surface area contributed by atoms with Crippen LogP contribution in [-0.4, -0.2) is 35.2 Å². The van der Waals surface area contributed by atoms with Gasteiger partial charge in [0.2, 0.25) is 0 Å². The van der Waals surface area contributed by atoms with Gasteiger partial charge in [-0.05, 0) is 40.0 Å². The highest BCUT2D eigenvalue weighted by atomic mass is 32.2. The molecule has 3 rings (SSSR count). The first-order valence-electron chi connectivity index (χ1n) is 7.77. The third-order valence-corrected chi connectivity index (χ3v) is 5.99. The van der Waals surface area contributed by atoms with E-state index >= 15 is 0 Å². The average Bonchev–Trinajstić information content (AvgIpc) is 3.00. The molecule has 0 amide bonds. The van der Waals surface area contributed by atoms with E-state index in [1.807, 2.05) is 10.9 Å². The van der Waals surface area contributed by atoms with Crippen molar-refractivity contribution in [2.24, 2.45) is 0 Å². The van der Waals surface area contributed by atoms with Crippen molar-refractivity contribution in [2.45, 2.75) is 64.1 Å². The minimum absolute atomic E-state index is 0.0361. The Morgan fingerprint density at radius 1 is 1.33 bits per heavy atom. The number of hydrogen-bond acceptors (Lipinski definition) is 4. The molecular weight excluding hydrogens is 286 g/mol. The monoisotopic (exact) mass is 311 g/mol. The maximum absolute atomic E-state index is 11.7. The van der Waals surface area contributed by atoms with Crippen molar-refractivity contribution in [1.82, 2.24) is 15.1 Å². The number of nitrogens with zero attached hydrogens (tertiary/aromatic N) is 2. The van der Waals surface area contributed by atoms with Gasteiger partial charge in [-0.1, -0.05) is 0 Å². The van der Waals surface area contributed by atoms with Crippen LogP contribution in [0, 0.1) is 0 Å². The number of rotatable bonds is 4. The maximum Gasteiger partial charge on any atom is 0.152 e. The zero-order valence-corrected chi connectivity index (χ0v) is 13.9. The molecule has 0 spiro atoms. The van der Waals surface area contributed by atoms with Crippen LogP contribution >= 0.6 is 0 Å². The molecule has 0 bridgehead atoms. The van der Waals surface area contributed by atoms with E-state index in [-0.39, 0.29) is 17.3 Å². The van der Waals surface area contributed by atoms with Gasteiger partial charge in [0.15, 0.2) is 9.84 Å². The van der Waals surface area contributed by atoms with Gasteiger partial charge in [0.25, 0.3) is 0 Å². The van der Waals surface area contributed by atoms with Crippen LogP contribution < -0.4 is 5.32 Å². The Morgan fingerprint density at radius 2 is 2.05 bits per heavy atom. The number of sulfone groups is 1. The molecule has 1 saturated heterocycles. The maximum atomic E-state index is 11.7. The second-order valence-corrected chi connectivity index (χ2v) is 9.66. The van der Waals surface area contributed by atoms with E-state index in [1.54, 1.807) is 0 Å². The van der Waals surface area contributed by atoms with Gasteiger partial charge in [0.05, 0.1) is 23.7 Å². The van der Waals surface area contributed by atoms with Crippen LogP contribution in [0.4, 0.5) is 0 Å². The largest absolute Gasteiger partial charge is 0.308 e. The Morgan fingerprint density at radius 3 is 2.57 bits per heavy atom. The second kappa shape index (κ2) is 5.09. The zero-order valence-electron chi connectivity index (χ0n) is 13.1. The van der Waals surface area contributed by atoms with Crippen LogP contribution in [0.2, 0.25) is 0 Å². The van der Waals surface area contributed by atoms with Crippen molar-refractivity contribution in [1.29, 1.82) is 0 Å². The van der Waals surface area contributed by atoms with E-state index in [0.29, 0.717) is 18.1 Å². The smallest absolute Gasteiger partial charge is 0.152 e. The van der Waals surface area contributed by atoms with Crippen LogP contribution in [0.3, 0.4) is 0 Å². The molecule has 2 aliphatic rings. The summed E-state index contributed by atoms with van der Waals surface area (Å²) in [6, 6.07) is 0.0361. The quantitative estimate of drug-likeness (QED) is 0.924. The summed E-state index contributed by atoms with van der Waals surface area (Å²) in [5.41, 5.74) is 2.57. The van der Waals surface area contributed by atoms with Gasteiger partial charge in [-0.25, -0.2) is 8.42 Å². The van der Waals surface area contributed by atoms with Crippen molar-refractivity contribution < 1.29 is 8.42 Å². The predicted octanol–water partition coefficient (Wildman–Crippen LogP) is 2.01. The summed E-state index contributed by atoms with van der Waals surface area (Å²) < 4.78 is 25.5. The summed E-state index contributed by atoms with van der Waals surface area (Å²) in [4.78, 5) is 0. The highest BCUT2D eigenvalue weighted by Crippen LogP contribution is 2.43. The molecule has 5 nitrogen and oxygen atoms in total. The van der Waals surface area contributed by atoms with Gasteiger partial charge < -0.3 is 5.32 Å². The predicted molar refractivity (Wildman–Crippen MR) is 83.1 cm³/mol. The summed E-state index contributed by atoms with van der Waals surface area (Å²) in [5.74, 6) is 1.13. The van der Waals surface area contributed by atoms with Crippen LogP contribution in [0.25, 0.3) is 0 Å².